The molecular weight excluding hydrogens is 284 g/mol. The van der Waals surface area contributed by atoms with Crippen LogP contribution >= 0.6 is 0 Å². The van der Waals surface area contributed by atoms with Crippen molar-refractivity contribution in [2.45, 2.75) is 31.7 Å². The largest absolute Gasteiger partial charge is 0.490 e. The van der Waals surface area contributed by atoms with E-state index >= 15 is 0 Å². The maximum Gasteiger partial charge on any atom is 0.252 e. The number of hydrogen-bond donors (Lipinski definition) is 2. The molecule has 1 saturated heterocycles. The fourth-order valence-electron chi connectivity index (χ4n) is 2.62. The van der Waals surface area contributed by atoms with Crippen LogP contribution in [-0.4, -0.2) is 37.6 Å². The van der Waals surface area contributed by atoms with Gasteiger partial charge in [-0.25, -0.2) is 0 Å². The first kappa shape index (κ1) is 14.7. The number of hydrogen-bond acceptors (Lipinski definition) is 4. The zero-order valence-corrected chi connectivity index (χ0v) is 12.4. The third-order valence-corrected chi connectivity index (χ3v) is 3.85. The SMILES string of the molecule is O=C(N[C@H]1CCCCNC1=O)c1ccc2c(c1)OCCCO2. The molecule has 0 aliphatic carbocycles. The second-order valence-electron chi connectivity index (χ2n) is 5.52. The van der Waals surface area contributed by atoms with Crippen LogP contribution in [0.5, 0.6) is 11.5 Å². The molecular formula is C16H20N2O4. The summed E-state index contributed by atoms with van der Waals surface area (Å²) in [5, 5.41) is 5.61. The van der Waals surface area contributed by atoms with E-state index in [0.29, 0.717) is 43.2 Å². The summed E-state index contributed by atoms with van der Waals surface area (Å²) in [6.07, 6.45) is 3.35. The van der Waals surface area contributed by atoms with E-state index in [-0.39, 0.29) is 11.8 Å². The summed E-state index contributed by atoms with van der Waals surface area (Å²) < 4.78 is 11.1. The van der Waals surface area contributed by atoms with Crippen LogP contribution in [-0.2, 0) is 4.79 Å². The Morgan fingerprint density at radius 3 is 2.82 bits per heavy atom. The average molecular weight is 304 g/mol. The minimum Gasteiger partial charge on any atom is -0.490 e. The minimum atomic E-state index is -0.467. The van der Waals surface area contributed by atoms with Crippen LogP contribution in [0.25, 0.3) is 0 Å². The second-order valence-corrected chi connectivity index (χ2v) is 5.52. The van der Waals surface area contributed by atoms with Gasteiger partial charge in [-0.2, -0.15) is 0 Å². The first-order valence-electron chi connectivity index (χ1n) is 7.72. The topological polar surface area (TPSA) is 76.7 Å². The van der Waals surface area contributed by atoms with Gasteiger partial charge in [-0.3, -0.25) is 9.59 Å². The van der Waals surface area contributed by atoms with E-state index in [2.05, 4.69) is 10.6 Å². The van der Waals surface area contributed by atoms with Gasteiger partial charge < -0.3 is 20.1 Å². The lowest BCUT2D eigenvalue weighted by Gasteiger charge is -2.16. The highest BCUT2D eigenvalue weighted by molar-refractivity contribution is 5.98. The summed E-state index contributed by atoms with van der Waals surface area (Å²) in [6, 6.07) is 4.64. The van der Waals surface area contributed by atoms with Crippen LogP contribution < -0.4 is 20.1 Å². The van der Waals surface area contributed by atoms with Crippen molar-refractivity contribution < 1.29 is 19.1 Å². The van der Waals surface area contributed by atoms with Crippen LogP contribution in [0.2, 0.25) is 0 Å². The summed E-state index contributed by atoms with van der Waals surface area (Å²) in [7, 11) is 0. The number of fused-ring (bicyclic) bond motifs is 1. The van der Waals surface area contributed by atoms with E-state index in [1.165, 1.54) is 0 Å². The molecule has 1 atom stereocenters. The monoisotopic (exact) mass is 304 g/mol. The molecule has 2 N–H and O–H groups in total. The highest BCUT2D eigenvalue weighted by Gasteiger charge is 2.23. The van der Waals surface area contributed by atoms with Crippen LogP contribution in [0.3, 0.4) is 0 Å². The number of carbonyl (C=O) groups excluding carboxylic acids is 2. The molecule has 0 saturated carbocycles. The molecule has 1 fully saturated rings. The molecule has 2 aliphatic rings. The number of rotatable bonds is 2. The Hall–Kier alpha value is -2.24. The van der Waals surface area contributed by atoms with E-state index < -0.39 is 6.04 Å². The van der Waals surface area contributed by atoms with Crippen LogP contribution in [0, 0.1) is 0 Å². The molecule has 6 nitrogen and oxygen atoms in total. The normalized spacial score (nSPS) is 21.3. The van der Waals surface area contributed by atoms with Crippen molar-refractivity contribution in [2.75, 3.05) is 19.8 Å². The van der Waals surface area contributed by atoms with Crippen molar-refractivity contribution in [1.82, 2.24) is 10.6 Å². The van der Waals surface area contributed by atoms with Gasteiger partial charge >= 0.3 is 0 Å². The Labute approximate surface area is 129 Å². The van der Waals surface area contributed by atoms with Gasteiger partial charge in [-0.1, -0.05) is 0 Å². The van der Waals surface area contributed by atoms with E-state index in [1.54, 1.807) is 18.2 Å². The lowest BCUT2D eigenvalue weighted by atomic mass is 10.1. The molecule has 2 aliphatic heterocycles. The number of benzene rings is 1. The average Bonchev–Trinajstić information content (AvgIpc) is 2.87. The molecule has 3 rings (SSSR count). The third kappa shape index (κ3) is 3.32. The molecule has 1 aromatic rings. The molecule has 0 unspecified atom stereocenters. The molecule has 118 valence electrons. The van der Waals surface area contributed by atoms with Gasteiger partial charge in [0.2, 0.25) is 5.91 Å². The zero-order valence-electron chi connectivity index (χ0n) is 12.4. The van der Waals surface area contributed by atoms with Crippen LogP contribution in [0.15, 0.2) is 18.2 Å². The predicted molar refractivity (Wildman–Crippen MR) is 80.2 cm³/mol. The summed E-state index contributed by atoms with van der Waals surface area (Å²) in [5.41, 5.74) is 0.473. The minimum absolute atomic E-state index is 0.111. The number of ether oxygens (including phenoxy) is 2. The van der Waals surface area contributed by atoms with E-state index in [4.69, 9.17) is 9.47 Å². The van der Waals surface area contributed by atoms with Gasteiger partial charge in [0.1, 0.15) is 6.04 Å². The fourth-order valence-corrected chi connectivity index (χ4v) is 2.62. The van der Waals surface area contributed by atoms with E-state index in [1.807, 2.05) is 0 Å². The Bertz CT molecular complexity index is 573. The van der Waals surface area contributed by atoms with Crippen molar-refractivity contribution in [1.29, 1.82) is 0 Å². The predicted octanol–water partition coefficient (Wildman–Crippen LogP) is 1.25. The molecule has 6 heteroatoms. The smallest absolute Gasteiger partial charge is 0.252 e. The first-order valence-corrected chi connectivity index (χ1v) is 7.72. The van der Waals surface area contributed by atoms with Crippen LogP contribution in [0.4, 0.5) is 0 Å². The Morgan fingerprint density at radius 1 is 1.14 bits per heavy atom. The highest BCUT2D eigenvalue weighted by Crippen LogP contribution is 2.30. The first-order chi connectivity index (χ1) is 10.7. The quantitative estimate of drug-likeness (QED) is 0.862. The van der Waals surface area contributed by atoms with E-state index in [0.717, 1.165) is 19.3 Å². The maximum absolute atomic E-state index is 12.4. The molecule has 2 amide bonds. The van der Waals surface area contributed by atoms with Crippen molar-refractivity contribution in [2.24, 2.45) is 0 Å². The summed E-state index contributed by atoms with van der Waals surface area (Å²) in [5.74, 6) is 0.856. The Kier molecular flexibility index (Phi) is 4.46. The van der Waals surface area contributed by atoms with Gasteiger partial charge in [0, 0.05) is 18.5 Å². The number of carbonyl (C=O) groups is 2. The zero-order chi connectivity index (χ0) is 15.4. The number of amides is 2. The van der Waals surface area contributed by atoms with Gasteiger partial charge in [0.15, 0.2) is 11.5 Å². The molecule has 1 aromatic carbocycles. The van der Waals surface area contributed by atoms with Crippen LogP contribution in [0.1, 0.15) is 36.0 Å². The molecule has 0 radical (unpaired) electrons. The molecule has 22 heavy (non-hydrogen) atoms. The van der Waals surface area contributed by atoms with Gasteiger partial charge in [0.25, 0.3) is 5.91 Å². The lowest BCUT2D eigenvalue weighted by Crippen LogP contribution is -2.45. The van der Waals surface area contributed by atoms with Gasteiger partial charge in [0.05, 0.1) is 13.2 Å². The second kappa shape index (κ2) is 6.68. The Morgan fingerprint density at radius 2 is 1.95 bits per heavy atom. The summed E-state index contributed by atoms with van der Waals surface area (Å²) >= 11 is 0. The van der Waals surface area contributed by atoms with Crippen molar-refractivity contribution in [3.8, 4) is 11.5 Å². The summed E-state index contributed by atoms with van der Waals surface area (Å²) in [4.78, 5) is 24.2. The third-order valence-electron chi connectivity index (χ3n) is 3.85. The summed E-state index contributed by atoms with van der Waals surface area (Å²) in [6.45, 7) is 1.86. The Balaban J connectivity index is 1.71. The molecule has 0 aromatic heterocycles. The van der Waals surface area contributed by atoms with E-state index in [9.17, 15) is 9.59 Å². The van der Waals surface area contributed by atoms with Crippen molar-refractivity contribution in [3.63, 3.8) is 0 Å². The molecule has 0 bridgehead atoms. The number of nitrogens with one attached hydrogen (secondary N) is 2. The standard InChI is InChI=1S/C16H20N2O4/c19-15(18-12-4-1-2-7-17-16(12)20)11-5-6-13-14(10-11)22-9-3-8-21-13/h5-6,10,12H,1-4,7-9H2,(H,17,20)(H,18,19)/t12-/m0/s1. The highest BCUT2D eigenvalue weighted by atomic mass is 16.5. The lowest BCUT2D eigenvalue weighted by molar-refractivity contribution is -0.122. The maximum atomic E-state index is 12.4. The van der Waals surface area contributed by atoms with Gasteiger partial charge in [-0.15, -0.1) is 0 Å². The van der Waals surface area contributed by atoms with Crippen molar-refractivity contribution >= 4 is 11.8 Å². The molecule has 0 spiro atoms. The van der Waals surface area contributed by atoms with Crippen molar-refractivity contribution in [3.05, 3.63) is 23.8 Å². The van der Waals surface area contributed by atoms with Gasteiger partial charge in [-0.05, 0) is 37.5 Å². The fraction of sp³-hybridized carbons (Fsp3) is 0.500. The molecule has 2 heterocycles.